The van der Waals surface area contributed by atoms with Crippen molar-refractivity contribution < 1.29 is 9.59 Å². The lowest BCUT2D eigenvalue weighted by molar-refractivity contribution is -0.116. The molecule has 0 saturated carbocycles. The monoisotopic (exact) mass is 320 g/mol. The molecule has 3 rings (SSSR count). The van der Waals surface area contributed by atoms with Gasteiger partial charge in [-0.1, -0.05) is 30.3 Å². The molecule has 0 fully saturated rings. The SMILES string of the molecule is O=C(CCC(=O)c1ccccc1)Nc1ccc(-n2cccn2)nc1. The fourth-order valence-electron chi connectivity index (χ4n) is 2.22. The van der Waals surface area contributed by atoms with Gasteiger partial charge in [0.15, 0.2) is 11.6 Å². The molecule has 0 aliphatic carbocycles. The van der Waals surface area contributed by atoms with Gasteiger partial charge in [-0.2, -0.15) is 5.10 Å². The van der Waals surface area contributed by atoms with Crippen molar-refractivity contribution in [3.05, 3.63) is 72.7 Å². The summed E-state index contributed by atoms with van der Waals surface area (Å²) >= 11 is 0. The smallest absolute Gasteiger partial charge is 0.224 e. The van der Waals surface area contributed by atoms with Gasteiger partial charge in [0.25, 0.3) is 0 Å². The number of amides is 1. The molecule has 0 aliphatic rings. The van der Waals surface area contributed by atoms with Gasteiger partial charge < -0.3 is 5.32 Å². The zero-order valence-corrected chi connectivity index (χ0v) is 12.9. The van der Waals surface area contributed by atoms with Gasteiger partial charge in [-0.15, -0.1) is 0 Å². The summed E-state index contributed by atoms with van der Waals surface area (Å²) in [6.45, 7) is 0. The highest BCUT2D eigenvalue weighted by molar-refractivity contribution is 5.99. The fourth-order valence-corrected chi connectivity index (χ4v) is 2.22. The van der Waals surface area contributed by atoms with Crippen molar-refractivity contribution in [1.82, 2.24) is 14.8 Å². The molecule has 2 aromatic heterocycles. The van der Waals surface area contributed by atoms with Gasteiger partial charge in [0.05, 0.1) is 11.9 Å². The van der Waals surface area contributed by atoms with Crippen LogP contribution in [-0.2, 0) is 4.79 Å². The van der Waals surface area contributed by atoms with Gasteiger partial charge in [0, 0.05) is 30.8 Å². The van der Waals surface area contributed by atoms with E-state index < -0.39 is 0 Å². The zero-order chi connectivity index (χ0) is 16.8. The van der Waals surface area contributed by atoms with Crippen LogP contribution in [-0.4, -0.2) is 26.5 Å². The Morgan fingerprint density at radius 1 is 1.00 bits per heavy atom. The Hall–Kier alpha value is -3.28. The Labute approximate surface area is 139 Å². The number of nitrogens with one attached hydrogen (secondary N) is 1. The van der Waals surface area contributed by atoms with Gasteiger partial charge in [-0.3, -0.25) is 9.59 Å². The highest BCUT2D eigenvalue weighted by Gasteiger charge is 2.09. The predicted octanol–water partition coefficient (Wildman–Crippen LogP) is 2.87. The molecule has 0 bridgehead atoms. The molecule has 0 saturated heterocycles. The van der Waals surface area contributed by atoms with Crippen molar-refractivity contribution in [2.45, 2.75) is 12.8 Å². The molecule has 1 aromatic carbocycles. The van der Waals surface area contributed by atoms with Crippen molar-refractivity contribution in [3.63, 3.8) is 0 Å². The third-order valence-corrected chi connectivity index (χ3v) is 3.45. The first-order valence-corrected chi connectivity index (χ1v) is 7.56. The first kappa shape index (κ1) is 15.6. The van der Waals surface area contributed by atoms with E-state index in [2.05, 4.69) is 15.4 Å². The Morgan fingerprint density at radius 2 is 1.83 bits per heavy atom. The van der Waals surface area contributed by atoms with E-state index >= 15 is 0 Å². The van der Waals surface area contributed by atoms with Gasteiger partial charge in [0.1, 0.15) is 0 Å². The second-order valence-electron chi connectivity index (χ2n) is 5.19. The Bertz CT molecular complexity index is 812. The molecule has 0 radical (unpaired) electrons. The highest BCUT2D eigenvalue weighted by Crippen LogP contribution is 2.11. The summed E-state index contributed by atoms with van der Waals surface area (Å²) in [5, 5.41) is 6.82. The van der Waals surface area contributed by atoms with E-state index in [1.54, 1.807) is 65.7 Å². The second kappa shape index (κ2) is 7.32. The number of anilines is 1. The molecule has 0 spiro atoms. The van der Waals surface area contributed by atoms with Gasteiger partial charge >= 0.3 is 0 Å². The number of pyridine rings is 1. The van der Waals surface area contributed by atoms with Crippen molar-refractivity contribution in [1.29, 1.82) is 0 Å². The van der Waals surface area contributed by atoms with Gasteiger partial charge in [-0.05, 0) is 18.2 Å². The Balaban J connectivity index is 1.52. The maximum Gasteiger partial charge on any atom is 0.224 e. The van der Waals surface area contributed by atoms with Gasteiger partial charge in [-0.25, -0.2) is 9.67 Å². The van der Waals surface area contributed by atoms with Crippen LogP contribution in [0.5, 0.6) is 0 Å². The maximum absolute atomic E-state index is 12.0. The molecule has 120 valence electrons. The normalized spacial score (nSPS) is 10.3. The Morgan fingerprint density at radius 3 is 2.50 bits per heavy atom. The van der Waals surface area contributed by atoms with E-state index in [0.717, 1.165) is 0 Å². The average Bonchev–Trinajstić information content (AvgIpc) is 3.16. The van der Waals surface area contributed by atoms with Crippen molar-refractivity contribution in [3.8, 4) is 5.82 Å². The summed E-state index contributed by atoms with van der Waals surface area (Å²) in [4.78, 5) is 28.2. The molecule has 1 amide bonds. The Kier molecular flexibility index (Phi) is 4.76. The van der Waals surface area contributed by atoms with E-state index in [1.807, 2.05) is 6.07 Å². The first-order chi connectivity index (χ1) is 11.7. The minimum Gasteiger partial charge on any atom is -0.325 e. The molecule has 6 heteroatoms. The summed E-state index contributed by atoms with van der Waals surface area (Å²) in [6.07, 6.45) is 5.33. The van der Waals surface area contributed by atoms with Crippen LogP contribution in [0.4, 0.5) is 5.69 Å². The second-order valence-corrected chi connectivity index (χ2v) is 5.19. The molecule has 24 heavy (non-hydrogen) atoms. The minimum atomic E-state index is -0.215. The van der Waals surface area contributed by atoms with Crippen LogP contribution in [0.25, 0.3) is 5.82 Å². The van der Waals surface area contributed by atoms with Crippen LogP contribution in [0.15, 0.2) is 67.1 Å². The van der Waals surface area contributed by atoms with Crippen LogP contribution >= 0.6 is 0 Å². The minimum absolute atomic E-state index is 0.0436. The third-order valence-electron chi connectivity index (χ3n) is 3.45. The number of hydrogen-bond acceptors (Lipinski definition) is 4. The van der Waals surface area contributed by atoms with Crippen LogP contribution in [0.1, 0.15) is 23.2 Å². The standard InChI is InChI=1S/C18H16N4O2/c23-16(14-5-2-1-3-6-14)8-10-18(24)21-15-7-9-17(19-13-15)22-12-4-11-20-22/h1-7,9,11-13H,8,10H2,(H,21,24). The number of Topliss-reactive ketones (excluding diaryl/α,β-unsaturated/α-hetero) is 1. The predicted molar refractivity (Wildman–Crippen MR) is 90.0 cm³/mol. The number of hydrogen-bond donors (Lipinski definition) is 1. The number of carbonyl (C=O) groups excluding carboxylic acids is 2. The zero-order valence-electron chi connectivity index (χ0n) is 12.9. The highest BCUT2D eigenvalue weighted by atomic mass is 16.2. The first-order valence-electron chi connectivity index (χ1n) is 7.56. The van der Waals surface area contributed by atoms with Crippen LogP contribution in [0, 0.1) is 0 Å². The molecule has 3 aromatic rings. The molecule has 0 atom stereocenters. The number of benzene rings is 1. The molecule has 6 nitrogen and oxygen atoms in total. The topological polar surface area (TPSA) is 76.9 Å². The maximum atomic E-state index is 12.0. The molecular weight excluding hydrogens is 304 g/mol. The third kappa shape index (κ3) is 3.92. The molecular formula is C18H16N4O2. The lowest BCUT2D eigenvalue weighted by atomic mass is 10.1. The van der Waals surface area contributed by atoms with Crippen molar-refractivity contribution in [2.24, 2.45) is 0 Å². The lowest BCUT2D eigenvalue weighted by Gasteiger charge is -2.06. The van der Waals surface area contributed by atoms with E-state index in [4.69, 9.17) is 0 Å². The number of carbonyl (C=O) groups is 2. The van der Waals surface area contributed by atoms with Crippen LogP contribution in [0.2, 0.25) is 0 Å². The van der Waals surface area contributed by atoms with Crippen molar-refractivity contribution >= 4 is 17.4 Å². The number of rotatable bonds is 6. The summed E-state index contributed by atoms with van der Waals surface area (Å²) in [6, 6.07) is 14.3. The summed E-state index contributed by atoms with van der Waals surface area (Å²) in [5.41, 5.74) is 1.21. The quantitative estimate of drug-likeness (QED) is 0.709. The summed E-state index contributed by atoms with van der Waals surface area (Å²) < 4.78 is 1.63. The largest absolute Gasteiger partial charge is 0.325 e. The van der Waals surface area contributed by atoms with E-state index in [0.29, 0.717) is 17.1 Å². The molecule has 0 unspecified atom stereocenters. The number of ketones is 1. The number of aromatic nitrogens is 3. The molecule has 0 aliphatic heterocycles. The lowest BCUT2D eigenvalue weighted by Crippen LogP contribution is -2.13. The van der Waals surface area contributed by atoms with Crippen LogP contribution < -0.4 is 5.32 Å². The van der Waals surface area contributed by atoms with Gasteiger partial charge in [0.2, 0.25) is 5.91 Å². The van der Waals surface area contributed by atoms with Crippen molar-refractivity contribution in [2.75, 3.05) is 5.32 Å². The molecule has 2 heterocycles. The average molecular weight is 320 g/mol. The van der Waals surface area contributed by atoms with E-state index in [1.165, 1.54) is 0 Å². The van der Waals surface area contributed by atoms with Crippen LogP contribution in [0.3, 0.4) is 0 Å². The fraction of sp³-hybridized carbons (Fsp3) is 0.111. The molecule has 1 N–H and O–H groups in total. The van der Waals surface area contributed by atoms with E-state index in [-0.39, 0.29) is 24.5 Å². The summed E-state index contributed by atoms with van der Waals surface area (Å²) in [7, 11) is 0. The van der Waals surface area contributed by atoms with E-state index in [9.17, 15) is 9.59 Å². The summed E-state index contributed by atoms with van der Waals surface area (Å²) in [5.74, 6) is 0.406. The number of nitrogens with zero attached hydrogens (tertiary/aromatic N) is 3.